The molecule has 0 spiro atoms. The Balaban J connectivity index is 1.89. The Hall–Kier alpha value is -2.82. The molecule has 0 saturated heterocycles. The van der Waals surface area contributed by atoms with Crippen LogP contribution in [-0.4, -0.2) is 23.0 Å². The number of aromatic amines is 1. The number of para-hydroxylation sites is 1. The minimum absolute atomic E-state index is 0.183. The number of nitrogens with zero attached hydrogens (tertiary/aromatic N) is 1. The highest BCUT2D eigenvalue weighted by Crippen LogP contribution is 2.19. The zero-order valence-electron chi connectivity index (χ0n) is 11.8. The summed E-state index contributed by atoms with van der Waals surface area (Å²) in [5, 5.41) is 2.86. The number of anilines is 1. The van der Waals surface area contributed by atoms with Crippen LogP contribution in [0.25, 0.3) is 11.0 Å². The van der Waals surface area contributed by atoms with Gasteiger partial charge in [-0.3, -0.25) is 4.79 Å². The lowest BCUT2D eigenvalue weighted by Gasteiger charge is -2.06. The Kier molecular flexibility index (Phi) is 3.31. The number of nitrogens with one attached hydrogen (secondary N) is 2. The average molecular weight is 281 g/mol. The number of methoxy groups -OCH3 is 1. The molecule has 1 aromatic heterocycles. The SMILES string of the molecule is COc1ccc(NC(=O)c2cccc3[nH]c(C)nc23)cc1. The normalized spacial score (nSPS) is 10.6. The van der Waals surface area contributed by atoms with Crippen molar-refractivity contribution in [2.75, 3.05) is 12.4 Å². The Morgan fingerprint density at radius 2 is 1.95 bits per heavy atom. The number of hydrogen-bond donors (Lipinski definition) is 2. The average Bonchev–Trinajstić information content (AvgIpc) is 2.87. The summed E-state index contributed by atoms with van der Waals surface area (Å²) in [6, 6.07) is 12.7. The molecular formula is C16H15N3O2. The zero-order chi connectivity index (χ0) is 14.8. The fourth-order valence-corrected chi connectivity index (χ4v) is 2.21. The van der Waals surface area contributed by atoms with Crippen molar-refractivity contribution in [3.05, 3.63) is 53.9 Å². The molecule has 2 aromatic carbocycles. The fraction of sp³-hybridized carbons (Fsp3) is 0.125. The van der Waals surface area contributed by atoms with E-state index in [1.165, 1.54) is 0 Å². The van der Waals surface area contributed by atoms with E-state index in [0.717, 1.165) is 17.1 Å². The highest BCUT2D eigenvalue weighted by atomic mass is 16.5. The second-order valence-electron chi connectivity index (χ2n) is 4.71. The van der Waals surface area contributed by atoms with Gasteiger partial charge in [0.15, 0.2) is 0 Å². The monoisotopic (exact) mass is 281 g/mol. The number of fused-ring (bicyclic) bond motifs is 1. The second-order valence-corrected chi connectivity index (χ2v) is 4.71. The summed E-state index contributed by atoms with van der Waals surface area (Å²) in [7, 11) is 1.61. The number of amides is 1. The van der Waals surface area contributed by atoms with Gasteiger partial charge in [0.25, 0.3) is 5.91 Å². The van der Waals surface area contributed by atoms with E-state index in [4.69, 9.17) is 4.74 Å². The highest BCUT2D eigenvalue weighted by Gasteiger charge is 2.12. The zero-order valence-corrected chi connectivity index (χ0v) is 11.8. The third-order valence-electron chi connectivity index (χ3n) is 3.22. The molecule has 106 valence electrons. The first kappa shape index (κ1) is 13.2. The van der Waals surface area contributed by atoms with Crippen LogP contribution in [-0.2, 0) is 0 Å². The van der Waals surface area contributed by atoms with Gasteiger partial charge in [-0.25, -0.2) is 4.98 Å². The molecule has 1 heterocycles. The number of imidazole rings is 1. The van der Waals surface area contributed by atoms with Crippen molar-refractivity contribution < 1.29 is 9.53 Å². The Labute approximate surface area is 122 Å². The van der Waals surface area contributed by atoms with E-state index in [1.54, 1.807) is 37.4 Å². The van der Waals surface area contributed by atoms with Crippen molar-refractivity contribution in [3.8, 4) is 5.75 Å². The molecule has 0 aliphatic rings. The Morgan fingerprint density at radius 3 is 2.67 bits per heavy atom. The summed E-state index contributed by atoms with van der Waals surface area (Å²) in [6.45, 7) is 1.87. The van der Waals surface area contributed by atoms with E-state index in [1.807, 2.05) is 19.1 Å². The molecule has 0 fully saturated rings. The van der Waals surface area contributed by atoms with Crippen molar-refractivity contribution in [1.82, 2.24) is 9.97 Å². The minimum atomic E-state index is -0.183. The maximum absolute atomic E-state index is 12.4. The number of rotatable bonds is 3. The predicted molar refractivity (Wildman–Crippen MR) is 81.8 cm³/mol. The van der Waals surface area contributed by atoms with Crippen molar-refractivity contribution >= 4 is 22.6 Å². The number of aromatic nitrogens is 2. The molecule has 0 aliphatic heterocycles. The summed E-state index contributed by atoms with van der Waals surface area (Å²) in [5.74, 6) is 1.35. The lowest BCUT2D eigenvalue weighted by Crippen LogP contribution is -2.12. The van der Waals surface area contributed by atoms with Crippen molar-refractivity contribution in [2.24, 2.45) is 0 Å². The van der Waals surface area contributed by atoms with Gasteiger partial charge < -0.3 is 15.0 Å². The minimum Gasteiger partial charge on any atom is -0.497 e. The highest BCUT2D eigenvalue weighted by molar-refractivity contribution is 6.11. The smallest absolute Gasteiger partial charge is 0.257 e. The van der Waals surface area contributed by atoms with Crippen LogP contribution in [0.2, 0.25) is 0 Å². The summed E-state index contributed by atoms with van der Waals surface area (Å²) in [4.78, 5) is 19.9. The molecule has 0 bridgehead atoms. The van der Waals surface area contributed by atoms with Crippen LogP contribution in [0, 0.1) is 6.92 Å². The number of H-pyrrole nitrogens is 1. The standard InChI is InChI=1S/C16H15N3O2/c1-10-17-14-5-3-4-13(15(14)18-10)16(20)19-11-6-8-12(21-2)9-7-11/h3-9H,1-2H3,(H,17,18)(H,19,20). The van der Waals surface area contributed by atoms with Crippen molar-refractivity contribution in [3.63, 3.8) is 0 Å². The number of benzene rings is 2. The van der Waals surface area contributed by atoms with E-state index in [2.05, 4.69) is 15.3 Å². The van der Waals surface area contributed by atoms with Gasteiger partial charge in [0.05, 0.1) is 18.2 Å². The largest absolute Gasteiger partial charge is 0.497 e. The fourth-order valence-electron chi connectivity index (χ4n) is 2.21. The van der Waals surface area contributed by atoms with Crippen LogP contribution in [0.15, 0.2) is 42.5 Å². The van der Waals surface area contributed by atoms with Gasteiger partial charge in [0, 0.05) is 5.69 Å². The first-order chi connectivity index (χ1) is 10.2. The lowest BCUT2D eigenvalue weighted by molar-refractivity contribution is 0.102. The molecule has 0 atom stereocenters. The van der Waals surface area contributed by atoms with E-state index in [0.29, 0.717) is 16.8 Å². The molecule has 21 heavy (non-hydrogen) atoms. The second kappa shape index (κ2) is 5.28. The van der Waals surface area contributed by atoms with Gasteiger partial charge in [0.1, 0.15) is 17.1 Å². The molecule has 5 heteroatoms. The van der Waals surface area contributed by atoms with Gasteiger partial charge >= 0.3 is 0 Å². The molecule has 2 N–H and O–H groups in total. The van der Waals surface area contributed by atoms with Gasteiger partial charge in [-0.15, -0.1) is 0 Å². The maximum Gasteiger partial charge on any atom is 0.257 e. The van der Waals surface area contributed by atoms with Crippen LogP contribution in [0.1, 0.15) is 16.2 Å². The third kappa shape index (κ3) is 2.58. The molecule has 3 rings (SSSR count). The predicted octanol–water partition coefficient (Wildman–Crippen LogP) is 3.13. The van der Waals surface area contributed by atoms with Crippen molar-refractivity contribution in [1.29, 1.82) is 0 Å². The number of carbonyl (C=O) groups excluding carboxylic acids is 1. The van der Waals surface area contributed by atoms with Gasteiger partial charge in [-0.1, -0.05) is 6.07 Å². The van der Waals surface area contributed by atoms with Crippen molar-refractivity contribution in [2.45, 2.75) is 6.92 Å². The van der Waals surface area contributed by atoms with Crippen LogP contribution in [0.3, 0.4) is 0 Å². The molecule has 3 aromatic rings. The summed E-state index contributed by atoms with van der Waals surface area (Å²) < 4.78 is 5.09. The van der Waals surface area contributed by atoms with E-state index in [-0.39, 0.29) is 5.91 Å². The Bertz CT molecular complexity index is 791. The lowest BCUT2D eigenvalue weighted by atomic mass is 10.1. The third-order valence-corrected chi connectivity index (χ3v) is 3.22. The van der Waals surface area contributed by atoms with Gasteiger partial charge in [-0.2, -0.15) is 0 Å². The Morgan fingerprint density at radius 1 is 1.19 bits per heavy atom. The van der Waals surface area contributed by atoms with Crippen LogP contribution < -0.4 is 10.1 Å². The van der Waals surface area contributed by atoms with E-state index in [9.17, 15) is 4.79 Å². The molecule has 0 saturated carbocycles. The van der Waals surface area contributed by atoms with Crippen LogP contribution in [0.4, 0.5) is 5.69 Å². The number of carbonyl (C=O) groups is 1. The number of hydrogen-bond acceptors (Lipinski definition) is 3. The molecule has 0 radical (unpaired) electrons. The van der Waals surface area contributed by atoms with Crippen LogP contribution >= 0.6 is 0 Å². The first-order valence-corrected chi connectivity index (χ1v) is 6.58. The molecule has 1 amide bonds. The quantitative estimate of drug-likeness (QED) is 0.775. The molecule has 0 aliphatic carbocycles. The van der Waals surface area contributed by atoms with E-state index < -0.39 is 0 Å². The maximum atomic E-state index is 12.4. The first-order valence-electron chi connectivity index (χ1n) is 6.58. The summed E-state index contributed by atoms with van der Waals surface area (Å²) >= 11 is 0. The molecule has 5 nitrogen and oxygen atoms in total. The molecular weight excluding hydrogens is 266 g/mol. The van der Waals surface area contributed by atoms with Crippen LogP contribution in [0.5, 0.6) is 5.75 Å². The summed E-state index contributed by atoms with van der Waals surface area (Å²) in [5.41, 5.74) is 2.80. The van der Waals surface area contributed by atoms with Gasteiger partial charge in [-0.05, 0) is 43.3 Å². The van der Waals surface area contributed by atoms with Gasteiger partial charge in [0.2, 0.25) is 0 Å². The topological polar surface area (TPSA) is 67.0 Å². The molecule has 0 unspecified atom stereocenters. The summed E-state index contributed by atoms with van der Waals surface area (Å²) in [6.07, 6.45) is 0. The van der Waals surface area contributed by atoms with E-state index >= 15 is 0 Å². The number of ether oxygens (including phenoxy) is 1. The number of aryl methyl sites for hydroxylation is 1.